The van der Waals surface area contributed by atoms with Crippen LogP contribution in [0, 0.1) is 0 Å². The van der Waals surface area contributed by atoms with Crippen molar-refractivity contribution in [1.29, 1.82) is 0 Å². The molecular formula is C16H13Cl2NO2. The van der Waals surface area contributed by atoms with Gasteiger partial charge in [-0.1, -0.05) is 41.4 Å². The van der Waals surface area contributed by atoms with E-state index >= 15 is 0 Å². The Labute approximate surface area is 132 Å². The highest BCUT2D eigenvalue weighted by molar-refractivity contribution is 6.31. The zero-order valence-corrected chi connectivity index (χ0v) is 12.6. The van der Waals surface area contributed by atoms with Crippen LogP contribution in [-0.4, -0.2) is 12.0 Å². The zero-order chi connectivity index (χ0) is 14.8. The largest absolute Gasteiger partial charge is 0.480 e. The van der Waals surface area contributed by atoms with Crippen molar-refractivity contribution in [2.75, 3.05) is 0 Å². The van der Waals surface area contributed by atoms with Crippen LogP contribution in [-0.2, 0) is 17.8 Å². The predicted octanol–water partition coefficient (Wildman–Crippen LogP) is 3.61. The number of halogens is 2. The molecule has 108 valence electrons. The lowest BCUT2D eigenvalue weighted by molar-refractivity contribution is -0.127. The molecule has 0 aliphatic carbocycles. The molecule has 21 heavy (non-hydrogen) atoms. The summed E-state index contributed by atoms with van der Waals surface area (Å²) < 4.78 is 5.64. The van der Waals surface area contributed by atoms with Crippen LogP contribution in [0.3, 0.4) is 0 Å². The summed E-state index contributed by atoms with van der Waals surface area (Å²) in [7, 11) is 0. The van der Waals surface area contributed by atoms with Crippen molar-refractivity contribution in [3.05, 3.63) is 63.6 Å². The lowest BCUT2D eigenvalue weighted by atomic mass is 10.1. The van der Waals surface area contributed by atoms with Gasteiger partial charge in [0.25, 0.3) is 5.91 Å². The van der Waals surface area contributed by atoms with Crippen LogP contribution in [0.4, 0.5) is 0 Å². The van der Waals surface area contributed by atoms with Gasteiger partial charge < -0.3 is 10.1 Å². The van der Waals surface area contributed by atoms with Gasteiger partial charge in [0.2, 0.25) is 0 Å². The van der Waals surface area contributed by atoms with Crippen molar-refractivity contribution in [1.82, 2.24) is 5.32 Å². The molecular weight excluding hydrogens is 309 g/mol. The van der Waals surface area contributed by atoms with Gasteiger partial charge in [-0.2, -0.15) is 0 Å². The van der Waals surface area contributed by atoms with E-state index in [1.54, 1.807) is 18.2 Å². The maximum Gasteiger partial charge on any atom is 0.261 e. The number of nitrogens with one attached hydrogen (secondary N) is 1. The number of hydrogen-bond donors (Lipinski definition) is 1. The van der Waals surface area contributed by atoms with Crippen LogP contribution < -0.4 is 10.1 Å². The molecule has 0 saturated heterocycles. The molecule has 2 aromatic carbocycles. The first-order chi connectivity index (χ1) is 10.1. The average Bonchev–Trinajstić information content (AvgIpc) is 2.89. The zero-order valence-electron chi connectivity index (χ0n) is 11.1. The number of rotatable bonds is 3. The van der Waals surface area contributed by atoms with E-state index in [2.05, 4.69) is 5.32 Å². The second kappa shape index (κ2) is 5.96. The Morgan fingerprint density at radius 2 is 2.05 bits per heavy atom. The Morgan fingerprint density at radius 1 is 1.24 bits per heavy atom. The van der Waals surface area contributed by atoms with Gasteiger partial charge in [-0.3, -0.25) is 4.79 Å². The van der Waals surface area contributed by atoms with Gasteiger partial charge in [-0.15, -0.1) is 0 Å². The predicted molar refractivity (Wildman–Crippen MR) is 82.9 cm³/mol. The van der Waals surface area contributed by atoms with E-state index in [0.717, 1.165) is 16.9 Å². The minimum absolute atomic E-state index is 0.151. The van der Waals surface area contributed by atoms with Crippen molar-refractivity contribution in [3.63, 3.8) is 0 Å². The summed E-state index contributed by atoms with van der Waals surface area (Å²) in [6.45, 7) is 0.384. The lowest BCUT2D eigenvalue weighted by Gasteiger charge is -2.12. The molecule has 1 atom stereocenters. The fraction of sp³-hybridized carbons (Fsp3) is 0.188. The molecule has 0 radical (unpaired) electrons. The Hall–Kier alpha value is -1.71. The summed E-state index contributed by atoms with van der Waals surface area (Å²) >= 11 is 12.0. The van der Waals surface area contributed by atoms with Gasteiger partial charge in [0.15, 0.2) is 6.10 Å². The van der Waals surface area contributed by atoms with Crippen molar-refractivity contribution in [3.8, 4) is 5.75 Å². The highest BCUT2D eigenvalue weighted by Crippen LogP contribution is 2.31. The monoisotopic (exact) mass is 321 g/mol. The highest BCUT2D eigenvalue weighted by atomic mass is 35.5. The number of carbonyl (C=O) groups is 1. The molecule has 1 aliphatic heterocycles. The first-order valence-corrected chi connectivity index (χ1v) is 7.35. The van der Waals surface area contributed by atoms with Gasteiger partial charge in [-0.25, -0.2) is 0 Å². The third kappa shape index (κ3) is 3.14. The third-order valence-electron chi connectivity index (χ3n) is 3.40. The molecule has 3 nitrogen and oxygen atoms in total. The molecule has 0 aromatic heterocycles. The molecule has 3 rings (SSSR count). The summed E-state index contributed by atoms with van der Waals surface area (Å²) in [5.74, 6) is 0.569. The van der Waals surface area contributed by atoms with E-state index in [1.807, 2.05) is 24.3 Å². The average molecular weight is 322 g/mol. The van der Waals surface area contributed by atoms with Crippen molar-refractivity contribution in [2.45, 2.75) is 19.1 Å². The van der Waals surface area contributed by atoms with E-state index in [0.29, 0.717) is 23.0 Å². The highest BCUT2D eigenvalue weighted by Gasteiger charge is 2.29. The van der Waals surface area contributed by atoms with Gasteiger partial charge >= 0.3 is 0 Å². The molecule has 1 aliphatic rings. The third-order valence-corrected chi connectivity index (χ3v) is 4.00. The lowest BCUT2D eigenvalue weighted by Crippen LogP contribution is -2.37. The molecule has 1 N–H and O–H groups in total. The molecule has 2 aromatic rings. The van der Waals surface area contributed by atoms with Crippen molar-refractivity contribution >= 4 is 29.1 Å². The number of carbonyl (C=O) groups excluding carboxylic acids is 1. The molecule has 0 fully saturated rings. The topological polar surface area (TPSA) is 38.3 Å². The smallest absolute Gasteiger partial charge is 0.261 e. The van der Waals surface area contributed by atoms with Crippen LogP contribution in [0.25, 0.3) is 0 Å². The number of ether oxygens (including phenoxy) is 1. The summed E-state index contributed by atoms with van der Waals surface area (Å²) in [6, 6.07) is 12.8. The van der Waals surface area contributed by atoms with Crippen LogP contribution in [0.5, 0.6) is 5.75 Å². The van der Waals surface area contributed by atoms with Crippen molar-refractivity contribution in [2.24, 2.45) is 0 Å². The van der Waals surface area contributed by atoms with Crippen LogP contribution in [0.1, 0.15) is 11.1 Å². The van der Waals surface area contributed by atoms with Crippen LogP contribution in [0.15, 0.2) is 42.5 Å². The number of amides is 1. The van der Waals surface area contributed by atoms with E-state index in [-0.39, 0.29) is 5.91 Å². The normalized spacial score (nSPS) is 16.2. The van der Waals surface area contributed by atoms with Crippen LogP contribution in [0.2, 0.25) is 10.0 Å². The molecule has 0 saturated carbocycles. The number of benzene rings is 2. The Kier molecular flexibility index (Phi) is 4.04. The Balaban J connectivity index is 1.62. The molecule has 0 bridgehead atoms. The minimum Gasteiger partial charge on any atom is -0.480 e. The van der Waals surface area contributed by atoms with Gasteiger partial charge in [0.1, 0.15) is 5.75 Å². The summed E-state index contributed by atoms with van der Waals surface area (Å²) in [5.41, 5.74) is 1.84. The van der Waals surface area contributed by atoms with E-state index in [1.165, 1.54) is 0 Å². The van der Waals surface area contributed by atoms with E-state index in [4.69, 9.17) is 27.9 Å². The molecule has 5 heteroatoms. The fourth-order valence-corrected chi connectivity index (χ4v) is 2.70. The molecule has 1 heterocycles. The standard InChI is InChI=1S/C16H13Cl2NO2/c17-12-5-6-14-11(7-12)8-15(21-14)16(20)19-9-10-3-1-2-4-13(10)18/h1-7,15H,8-9H2,(H,19,20)/t15-/m0/s1. The molecule has 0 unspecified atom stereocenters. The number of fused-ring (bicyclic) bond motifs is 1. The summed E-state index contributed by atoms with van der Waals surface area (Å²) in [5, 5.41) is 4.14. The fourth-order valence-electron chi connectivity index (χ4n) is 2.30. The van der Waals surface area contributed by atoms with Crippen molar-refractivity contribution < 1.29 is 9.53 Å². The summed E-state index contributed by atoms with van der Waals surface area (Å²) in [4.78, 5) is 12.2. The van der Waals surface area contributed by atoms with Gasteiger partial charge in [-0.05, 0) is 35.4 Å². The number of hydrogen-bond acceptors (Lipinski definition) is 2. The van der Waals surface area contributed by atoms with E-state index < -0.39 is 6.10 Å². The first-order valence-electron chi connectivity index (χ1n) is 6.59. The maximum atomic E-state index is 12.2. The first kappa shape index (κ1) is 14.2. The van der Waals surface area contributed by atoms with E-state index in [9.17, 15) is 4.79 Å². The quantitative estimate of drug-likeness (QED) is 0.937. The van der Waals surface area contributed by atoms with Gasteiger partial charge in [0.05, 0.1) is 0 Å². The Bertz CT molecular complexity index is 688. The minimum atomic E-state index is -0.513. The van der Waals surface area contributed by atoms with Gasteiger partial charge in [0, 0.05) is 23.0 Å². The Morgan fingerprint density at radius 3 is 2.86 bits per heavy atom. The second-order valence-electron chi connectivity index (χ2n) is 4.87. The van der Waals surface area contributed by atoms with Crippen LogP contribution >= 0.6 is 23.2 Å². The summed E-state index contributed by atoms with van der Waals surface area (Å²) in [6.07, 6.45) is 0.0190. The SMILES string of the molecule is O=C(NCc1ccccc1Cl)[C@@H]1Cc2cc(Cl)ccc2O1. The molecule has 0 spiro atoms. The second-order valence-corrected chi connectivity index (χ2v) is 5.72. The maximum absolute atomic E-state index is 12.2. The molecule has 1 amide bonds.